The van der Waals surface area contributed by atoms with E-state index in [1.54, 1.807) is 27.0 Å². The molecule has 0 saturated carbocycles. The summed E-state index contributed by atoms with van der Waals surface area (Å²) in [5.74, 6) is -2.34. The number of pyridine rings is 2. The average molecular weight is 1110 g/mol. The standard InChI is InChI=1S/C23H25F3N4O3S.C22H22F4N4O3S.CH3.BrH.Mg/c1-13(14-5-4-6-15(18(14)24)19(25)26)29-20-16-11-17(22(31)30(3)21(16)28-12-27-20)23(2)7-9-34(32,33)10-8-23;1-12(13-4-3-5-14(17(13)23)18(24)25)29-19-15-10-16(21(31)30(2)20(15)28-11-27-19)22(26)6-8-34(32,33)9-7-22;;;/h4-6,11-13,19H,7-10H2,1-3H3,(H,27,28,29);3-5,10-12,18H,6-9H2,1-2H3,(H,27,28,29);1H3;1H;/q;;-1;;+2/p-1/t13-;12-;;;/m11.../s1. The summed E-state index contributed by atoms with van der Waals surface area (Å²) in [5, 5.41) is 6.75. The van der Waals surface area contributed by atoms with Gasteiger partial charge in [-0.1, -0.05) is 43.3 Å². The average Bonchev–Trinajstić information content (AvgIpc) is 3.28. The van der Waals surface area contributed by atoms with E-state index in [4.69, 9.17) is 0 Å². The van der Waals surface area contributed by atoms with Crippen molar-refractivity contribution < 1.29 is 64.5 Å². The van der Waals surface area contributed by atoms with Gasteiger partial charge in [0.15, 0.2) is 9.84 Å². The molecule has 0 aliphatic carbocycles. The van der Waals surface area contributed by atoms with Crippen molar-refractivity contribution in [3.63, 3.8) is 0 Å². The number of nitrogens with zero attached hydrogens (tertiary/aromatic N) is 6. The predicted octanol–water partition coefficient (Wildman–Crippen LogP) is 5.07. The van der Waals surface area contributed by atoms with Crippen LogP contribution >= 0.6 is 0 Å². The van der Waals surface area contributed by atoms with Crippen molar-refractivity contribution in [2.75, 3.05) is 33.6 Å². The van der Waals surface area contributed by atoms with Gasteiger partial charge in [-0.15, -0.1) is 0 Å². The Morgan fingerprint density at radius 3 is 1.37 bits per heavy atom. The molecule has 2 atom stereocenters. The van der Waals surface area contributed by atoms with Crippen LogP contribution in [0.25, 0.3) is 22.1 Å². The van der Waals surface area contributed by atoms with Crippen LogP contribution in [-0.4, -0.2) is 92.0 Å². The minimum Gasteiger partial charge on any atom is -1.00 e. The molecule has 2 aliphatic rings. The Labute approximate surface area is 432 Å². The fraction of sp³-hybridized carbons (Fsp3) is 0.413. The number of sulfone groups is 2. The van der Waals surface area contributed by atoms with E-state index in [0.717, 1.165) is 16.7 Å². The van der Waals surface area contributed by atoms with Gasteiger partial charge in [0, 0.05) is 30.8 Å². The maximum absolute atomic E-state index is 15.8. The molecule has 0 unspecified atom stereocenters. The van der Waals surface area contributed by atoms with Crippen LogP contribution in [0.5, 0.6) is 0 Å². The Kier molecular flexibility index (Phi) is 18.7. The van der Waals surface area contributed by atoms with Crippen LogP contribution in [0.4, 0.5) is 42.4 Å². The molecule has 2 fully saturated rings. The van der Waals surface area contributed by atoms with Crippen LogP contribution in [-0.2, 0) is 44.9 Å². The van der Waals surface area contributed by atoms with Crippen LogP contribution in [0.15, 0.2) is 70.8 Å². The van der Waals surface area contributed by atoms with Crippen molar-refractivity contribution in [3.8, 4) is 0 Å². The summed E-state index contributed by atoms with van der Waals surface area (Å²) in [6.07, 6.45) is -3.57. The third-order valence-electron chi connectivity index (χ3n) is 12.9. The van der Waals surface area contributed by atoms with Gasteiger partial charge in [0.1, 0.15) is 62.7 Å². The number of alkyl halides is 5. The Morgan fingerprint density at radius 1 is 0.620 bits per heavy atom. The van der Waals surface area contributed by atoms with Crippen LogP contribution in [0.3, 0.4) is 0 Å². The van der Waals surface area contributed by atoms with Gasteiger partial charge in [0.25, 0.3) is 24.0 Å². The first-order valence-corrected chi connectivity index (χ1v) is 25.0. The van der Waals surface area contributed by atoms with Crippen molar-refractivity contribution in [3.05, 3.63) is 134 Å². The number of hydrogen-bond donors (Lipinski definition) is 2. The molecule has 380 valence electrons. The fourth-order valence-corrected chi connectivity index (χ4v) is 11.8. The summed E-state index contributed by atoms with van der Waals surface area (Å²) in [5.41, 5.74) is -4.34. The van der Waals surface area contributed by atoms with E-state index < -0.39 is 84.0 Å². The van der Waals surface area contributed by atoms with E-state index in [2.05, 4.69) is 30.6 Å². The van der Waals surface area contributed by atoms with Crippen molar-refractivity contribution >= 4 is 76.4 Å². The third kappa shape index (κ3) is 12.0. The maximum atomic E-state index is 15.8. The van der Waals surface area contributed by atoms with E-state index in [0.29, 0.717) is 35.3 Å². The number of rotatable bonds is 10. The number of halogens is 8. The van der Waals surface area contributed by atoms with Crippen LogP contribution in [0.1, 0.15) is 105 Å². The number of aromatic nitrogens is 6. The zero-order chi connectivity index (χ0) is 49.7. The van der Waals surface area contributed by atoms with Gasteiger partial charge in [0.2, 0.25) is 0 Å². The summed E-state index contributed by atoms with van der Waals surface area (Å²) in [6.45, 7) is 5.04. The van der Waals surface area contributed by atoms with E-state index >= 15 is 4.39 Å². The molecule has 6 aromatic rings. The number of nitrogens with one attached hydrogen (secondary N) is 2. The first-order chi connectivity index (χ1) is 31.9. The first-order valence-electron chi connectivity index (χ1n) is 21.3. The van der Waals surface area contributed by atoms with Crippen LogP contribution < -0.4 is 38.7 Å². The van der Waals surface area contributed by atoms with Gasteiger partial charge in [-0.2, -0.15) is 0 Å². The molecule has 14 nitrogen and oxygen atoms in total. The quantitative estimate of drug-likeness (QED) is 0.106. The molecular weight excluding hydrogens is 1060 g/mol. The zero-order valence-electron chi connectivity index (χ0n) is 39.4. The molecule has 8 rings (SSSR count). The molecule has 2 N–H and O–H groups in total. The molecule has 2 aliphatic heterocycles. The SMILES string of the molecule is C[C@@H](Nc1ncnc2c1cc(C1(C)CCS(=O)(=O)CC1)c(=O)n2C)c1cccc(C(F)F)c1F.C[C@@H](Nc1ncnc2c1cc(C1(F)CCS(=O)(=O)CC1)c(=O)n2C)c1cccc(C(F)F)c1F.[Br-].[CH3-].[Mg+2]. The van der Waals surface area contributed by atoms with E-state index in [1.165, 1.54) is 54.6 Å². The zero-order valence-corrected chi connectivity index (χ0v) is 44.1. The Hall–Kier alpha value is -4.72. The molecule has 0 spiro atoms. The van der Waals surface area contributed by atoms with Crippen molar-refractivity contribution in [1.82, 2.24) is 29.1 Å². The number of benzene rings is 2. The largest absolute Gasteiger partial charge is 2.00 e. The van der Waals surface area contributed by atoms with Crippen LogP contribution in [0.2, 0.25) is 0 Å². The summed E-state index contributed by atoms with van der Waals surface area (Å²) < 4.78 is 148. The molecule has 0 amide bonds. The van der Waals surface area contributed by atoms with Crippen LogP contribution in [0, 0.1) is 19.1 Å². The molecule has 0 bridgehead atoms. The second kappa shape index (κ2) is 22.6. The van der Waals surface area contributed by atoms with E-state index in [9.17, 15) is 52.8 Å². The Bertz CT molecular complexity index is 3050. The molecule has 2 saturated heterocycles. The molecule has 4 aromatic heterocycles. The number of aryl methyl sites for hydroxylation is 2. The van der Waals surface area contributed by atoms with Gasteiger partial charge in [-0.3, -0.25) is 18.7 Å². The Morgan fingerprint density at radius 2 is 0.972 bits per heavy atom. The van der Waals surface area contributed by atoms with Crippen molar-refractivity contribution in [2.45, 2.75) is 82.5 Å². The maximum Gasteiger partial charge on any atom is 2.00 e. The van der Waals surface area contributed by atoms with Gasteiger partial charge < -0.3 is 35.0 Å². The van der Waals surface area contributed by atoms with Gasteiger partial charge in [-0.05, 0) is 57.1 Å². The van der Waals surface area contributed by atoms with Gasteiger partial charge in [-0.25, -0.2) is 67.5 Å². The summed E-state index contributed by atoms with van der Waals surface area (Å²) in [6, 6.07) is 8.96. The van der Waals surface area contributed by atoms with Crippen molar-refractivity contribution in [1.29, 1.82) is 0 Å². The molecule has 6 heterocycles. The minimum absolute atomic E-state index is 0. The molecule has 71 heavy (non-hydrogen) atoms. The van der Waals surface area contributed by atoms with E-state index in [-0.39, 0.29) is 122 Å². The topological polar surface area (TPSA) is 188 Å². The first kappa shape index (κ1) is 58.8. The second-order valence-electron chi connectivity index (χ2n) is 17.4. The predicted molar refractivity (Wildman–Crippen MR) is 254 cm³/mol. The van der Waals surface area contributed by atoms with Gasteiger partial charge >= 0.3 is 23.1 Å². The van der Waals surface area contributed by atoms with Gasteiger partial charge in [0.05, 0.1) is 62.6 Å². The number of fused-ring (bicyclic) bond motifs is 2. The second-order valence-corrected chi connectivity index (χ2v) is 22.0. The summed E-state index contributed by atoms with van der Waals surface area (Å²) >= 11 is 0. The summed E-state index contributed by atoms with van der Waals surface area (Å²) in [4.78, 5) is 42.8. The fourth-order valence-electron chi connectivity index (χ4n) is 8.62. The van der Waals surface area contributed by atoms with E-state index in [1.807, 2.05) is 6.92 Å². The molecule has 0 radical (unpaired) electrons. The van der Waals surface area contributed by atoms with Crippen molar-refractivity contribution in [2.24, 2.45) is 14.1 Å². The molecule has 2 aromatic carbocycles. The minimum atomic E-state index is -3.37. The molecule has 25 heteroatoms. The summed E-state index contributed by atoms with van der Waals surface area (Å²) in [7, 11) is -3.52. The third-order valence-corrected chi connectivity index (χ3v) is 16.2. The Balaban J connectivity index is 0.000000296. The monoisotopic (exact) mass is 1110 g/mol. The number of anilines is 2. The number of hydrogen-bond acceptors (Lipinski definition) is 12. The smallest absolute Gasteiger partial charge is 1.00 e. The molecular formula is C46H50BrF7MgN8O6S2. The normalized spacial score (nSPS) is 17.4.